The van der Waals surface area contributed by atoms with E-state index < -0.39 is 0 Å². The van der Waals surface area contributed by atoms with Gasteiger partial charge in [-0.3, -0.25) is 4.79 Å². The van der Waals surface area contributed by atoms with Crippen LogP contribution < -0.4 is 16.8 Å². The molecular weight excluding hydrogens is 262 g/mol. The molecule has 0 unspecified atom stereocenters. The van der Waals surface area contributed by atoms with Gasteiger partial charge in [-0.15, -0.1) is 0 Å². The second kappa shape index (κ2) is 5.20. The number of amides is 1. The molecule has 0 aliphatic heterocycles. The lowest BCUT2D eigenvalue weighted by atomic mass is 10.1. The zero-order valence-corrected chi connectivity index (χ0v) is 11.2. The number of nitrogen functional groups attached to an aromatic ring is 2. The minimum Gasteiger partial charge on any atom is -0.399 e. The monoisotopic (exact) mass is 275 g/mol. The Morgan fingerprint density at radius 1 is 1.16 bits per heavy atom. The highest BCUT2D eigenvalue weighted by molar-refractivity contribution is 6.34. The molecule has 0 aliphatic carbocycles. The van der Waals surface area contributed by atoms with E-state index in [0.29, 0.717) is 27.6 Å². The third kappa shape index (κ3) is 2.98. The van der Waals surface area contributed by atoms with Crippen LogP contribution in [0.5, 0.6) is 0 Å². The second-order valence-electron chi connectivity index (χ2n) is 4.28. The molecule has 0 bridgehead atoms. The zero-order valence-electron chi connectivity index (χ0n) is 10.4. The van der Waals surface area contributed by atoms with Gasteiger partial charge in [-0.25, -0.2) is 0 Å². The van der Waals surface area contributed by atoms with Gasteiger partial charge >= 0.3 is 0 Å². The average Bonchev–Trinajstić information content (AvgIpc) is 2.32. The van der Waals surface area contributed by atoms with E-state index >= 15 is 0 Å². The van der Waals surface area contributed by atoms with Crippen molar-refractivity contribution in [3.05, 3.63) is 52.5 Å². The zero-order chi connectivity index (χ0) is 14.0. The molecule has 2 aromatic carbocycles. The molecule has 1 amide bonds. The van der Waals surface area contributed by atoms with Crippen LogP contribution in [0.2, 0.25) is 5.02 Å². The third-order valence-corrected chi connectivity index (χ3v) is 3.01. The summed E-state index contributed by atoms with van der Waals surface area (Å²) in [7, 11) is 0. The van der Waals surface area contributed by atoms with E-state index in [1.54, 1.807) is 30.3 Å². The highest BCUT2D eigenvalue weighted by Gasteiger charge is 2.11. The van der Waals surface area contributed by atoms with Crippen molar-refractivity contribution in [1.82, 2.24) is 0 Å². The number of nitrogens with two attached hydrogens (primary N) is 2. The summed E-state index contributed by atoms with van der Waals surface area (Å²) in [5.41, 5.74) is 14.1. The largest absolute Gasteiger partial charge is 0.399 e. The number of hydrogen-bond acceptors (Lipinski definition) is 3. The Morgan fingerprint density at radius 3 is 2.53 bits per heavy atom. The lowest BCUT2D eigenvalue weighted by Crippen LogP contribution is -2.14. The number of nitrogens with one attached hydrogen (secondary N) is 1. The first kappa shape index (κ1) is 13.2. The fourth-order valence-electron chi connectivity index (χ4n) is 1.70. The van der Waals surface area contributed by atoms with Gasteiger partial charge in [-0.2, -0.15) is 0 Å². The van der Waals surface area contributed by atoms with E-state index in [1.807, 2.05) is 13.0 Å². The van der Waals surface area contributed by atoms with E-state index in [0.717, 1.165) is 5.56 Å². The Labute approximate surface area is 116 Å². The van der Waals surface area contributed by atoms with Crippen molar-refractivity contribution in [3.63, 3.8) is 0 Å². The molecule has 5 heteroatoms. The number of hydrogen-bond donors (Lipinski definition) is 3. The maximum absolute atomic E-state index is 12.1. The van der Waals surface area contributed by atoms with Crippen LogP contribution >= 0.6 is 11.6 Å². The average molecular weight is 276 g/mol. The Kier molecular flexibility index (Phi) is 3.62. The number of aryl methyl sites for hydroxylation is 1. The predicted octanol–water partition coefficient (Wildman–Crippen LogP) is 3.07. The molecule has 0 heterocycles. The van der Waals surface area contributed by atoms with Crippen LogP contribution in [0.1, 0.15) is 15.9 Å². The maximum Gasteiger partial charge on any atom is 0.257 e. The number of carbonyl (C=O) groups excluding carboxylic acids is 1. The van der Waals surface area contributed by atoms with Crippen LogP contribution in [0.15, 0.2) is 36.4 Å². The molecule has 0 spiro atoms. The number of benzene rings is 2. The highest BCUT2D eigenvalue weighted by Crippen LogP contribution is 2.24. The lowest BCUT2D eigenvalue weighted by Gasteiger charge is -2.10. The summed E-state index contributed by atoms with van der Waals surface area (Å²) in [6.07, 6.45) is 0. The maximum atomic E-state index is 12.1. The molecule has 19 heavy (non-hydrogen) atoms. The number of rotatable bonds is 2. The molecule has 0 aromatic heterocycles. The summed E-state index contributed by atoms with van der Waals surface area (Å²) < 4.78 is 0. The second-order valence-corrected chi connectivity index (χ2v) is 4.69. The van der Waals surface area contributed by atoms with Gasteiger partial charge in [0.05, 0.1) is 16.3 Å². The molecule has 0 saturated heterocycles. The van der Waals surface area contributed by atoms with Crippen molar-refractivity contribution in [3.8, 4) is 0 Å². The predicted molar refractivity (Wildman–Crippen MR) is 79.4 cm³/mol. The van der Waals surface area contributed by atoms with Crippen LogP contribution in [-0.4, -0.2) is 5.91 Å². The van der Waals surface area contributed by atoms with Crippen molar-refractivity contribution < 1.29 is 4.79 Å². The van der Waals surface area contributed by atoms with Crippen LogP contribution in [0.4, 0.5) is 17.1 Å². The van der Waals surface area contributed by atoms with Crippen LogP contribution in [0.3, 0.4) is 0 Å². The quantitative estimate of drug-likeness (QED) is 0.737. The first-order valence-electron chi connectivity index (χ1n) is 5.70. The minimum atomic E-state index is -0.316. The summed E-state index contributed by atoms with van der Waals surface area (Å²) in [5.74, 6) is -0.316. The molecule has 0 aliphatic rings. The van der Waals surface area contributed by atoms with Gasteiger partial charge in [-0.05, 0) is 42.8 Å². The Bertz CT molecular complexity index is 641. The molecule has 0 atom stereocenters. The molecule has 5 N–H and O–H groups in total. The van der Waals surface area contributed by atoms with Gasteiger partial charge in [-0.1, -0.05) is 17.7 Å². The smallest absolute Gasteiger partial charge is 0.257 e. The summed E-state index contributed by atoms with van der Waals surface area (Å²) in [5, 5.41) is 3.21. The van der Waals surface area contributed by atoms with E-state index in [2.05, 4.69) is 5.32 Å². The summed E-state index contributed by atoms with van der Waals surface area (Å²) in [4.78, 5) is 12.1. The molecule has 0 saturated carbocycles. The normalized spacial score (nSPS) is 10.2. The summed E-state index contributed by atoms with van der Waals surface area (Å²) in [6, 6.07) is 10.2. The molecule has 98 valence electrons. The lowest BCUT2D eigenvalue weighted by molar-refractivity contribution is 0.102. The van der Waals surface area contributed by atoms with Gasteiger partial charge in [0.15, 0.2) is 0 Å². The Hall–Kier alpha value is -2.20. The SMILES string of the molecule is Cc1ccc(NC(=O)c2ccc(N)cc2N)c(Cl)c1. The summed E-state index contributed by atoms with van der Waals surface area (Å²) in [6.45, 7) is 1.93. The van der Waals surface area contributed by atoms with Crippen molar-refractivity contribution in [2.24, 2.45) is 0 Å². The van der Waals surface area contributed by atoms with Crippen LogP contribution in [-0.2, 0) is 0 Å². The summed E-state index contributed by atoms with van der Waals surface area (Å²) >= 11 is 6.06. The molecule has 4 nitrogen and oxygen atoms in total. The van der Waals surface area contributed by atoms with Crippen molar-refractivity contribution in [2.45, 2.75) is 6.92 Å². The first-order valence-corrected chi connectivity index (χ1v) is 6.07. The Morgan fingerprint density at radius 2 is 1.89 bits per heavy atom. The van der Waals surface area contributed by atoms with Gasteiger partial charge in [0.25, 0.3) is 5.91 Å². The van der Waals surface area contributed by atoms with Gasteiger partial charge in [0.2, 0.25) is 0 Å². The molecular formula is C14H14ClN3O. The van der Waals surface area contributed by atoms with Crippen molar-refractivity contribution >= 4 is 34.6 Å². The molecule has 2 rings (SSSR count). The van der Waals surface area contributed by atoms with E-state index in [4.69, 9.17) is 23.1 Å². The van der Waals surface area contributed by atoms with E-state index in [9.17, 15) is 4.79 Å². The van der Waals surface area contributed by atoms with Crippen LogP contribution in [0, 0.1) is 6.92 Å². The van der Waals surface area contributed by atoms with E-state index in [1.165, 1.54) is 0 Å². The topological polar surface area (TPSA) is 81.1 Å². The highest BCUT2D eigenvalue weighted by atomic mass is 35.5. The molecule has 2 aromatic rings. The van der Waals surface area contributed by atoms with Gasteiger partial charge in [0.1, 0.15) is 0 Å². The first-order chi connectivity index (χ1) is 8.97. The van der Waals surface area contributed by atoms with Crippen LogP contribution in [0.25, 0.3) is 0 Å². The Balaban J connectivity index is 2.25. The number of carbonyl (C=O) groups is 1. The van der Waals surface area contributed by atoms with E-state index in [-0.39, 0.29) is 5.91 Å². The molecule has 0 fully saturated rings. The third-order valence-electron chi connectivity index (χ3n) is 2.69. The number of anilines is 3. The standard InChI is InChI=1S/C14H14ClN3O/c1-8-2-5-13(11(15)6-8)18-14(19)10-4-3-9(16)7-12(10)17/h2-7H,16-17H2,1H3,(H,18,19). The fraction of sp³-hybridized carbons (Fsp3) is 0.0714. The molecule has 0 radical (unpaired) electrons. The van der Waals surface area contributed by atoms with Crippen molar-refractivity contribution in [2.75, 3.05) is 16.8 Å². The van der Waals surface area contributed by atoms with Gasteiger partial charge in [0, 0.05) is 11.4 Å². The van der Waals surface area contributed by atoms with Gasteiger partial charge < -0.3 is 16.8 Å². The van der Waals surface area contributed by atoms with Crippen molar-refractivity contribution in [1.29, 1.82) is 0 Å². The minimum absolute atomic E-state index is 0.316. The fourth-order valence-corrected chi connectivity index (χ4v) is 1.98. The number of halogens is 1.